The van der Waals surface area contributed by atoms with Crippen LogP contribution in [0.3, 0.4) is 0 Å². The second kappa shape index (κ2) is 7.35. The van der Waals surface area contributed by atoms with Gasteiger partial charge in [0.1, 0.15) is 5.82 Å². The summed E-state index contributed by atoms with van der Waals surface area (Å²) < 4.78 is 0. The van der Waals surface area contributed by atoms with Gasteiger partial charge in [0, 0.05) is 30.1 Å². The number of nitrogens with one attached hydrogen (secondary N) is 1. The summed E-state index contributed by atoms with van der Waals surface area (Å²) in [5.41, 5.74) is 4.06. The third-order valence-corrected chi connectivity index (χ3v) is 5.17. The minimum absolute atomic E-state index is 0.128. The molecule has 0 radical (unpaired) electrons. The zero-order chi connectivity index (χ0) is 18.8. The molecule has 1 aliphatic heterocycles. The van der Waals surface area contributed by atoms with Crippen LogP contribution >= 0.6 is 0 Å². The standard InChI is InChI=1S/C22H24N4O/c1-15-12-16(2)14-19(13-15)22(27)26-10-8-18(9-11-26)21-23-20(24-25-21)17-6-4-3-5-7-17/h3-7,12-14,18H,8-11H2,1-2H3,(H,23,24,25). The van der Waals surface area contributed by atoms with Crippen LogP contribution in [-0.2, 0) is 0 Å². The lowest BCUT2D eigenvalue weighted by Crippen LogP contribution is -2.38. The van der Waals surface area contributed by atoms with Gasteiger partial charge in [-0.15, -0.1) is 0 Å². The van der Waals surface area contributed by atoms with Crippen molar-refractivity contribution in [1.29, 1.82) is 0 Å². The van der Waals surface area contributed by atoms with Gasteiger partial charge in [-0.05, 0) is 38.8 Å². The molecule has 0 spiro atoms. The van der Waals surface area contributed by atoms with Gasteiger partial charge in [0.2, 0.25) is 0 Å². The number of rotatable bonds is 3. The number of aromatic amines is 1. The van der Waals surface area contributed by atoms with Crippen molar-refractivity contribution in [3.05, 3.63) is 71.0 Å². The Bertz CT molecular complexity index is 920. The number of aromatic nitrogens is 3. The summed E-state index contributed by atoms with van der Waals surface area (Å²) in [6.45, 7) is 5.56. The number of carbonyl (C=O) groups is 1. The lowest BCUT2D eigenvalue weighted by atomic mass is 9.95. The fourth-order valence-electron chi connectivity index (χ4n) is 3.81. The van der Waals surface area contributed by atoms with Crippen LogP contribution in [0.2, 0.25) is 0 Å². The van der Waals surface area contributed by atoms with E-state index in [0.29, 0.717) is 5.92 Å². The first kappa shape index (κ1) is 17.5. The van der Waals surface area contributed by atoms with Gasteiger partial charge < -0.3 is 4.90 Å². The predicted molar refractivity (Wildman–Crippen MR) is 106 cm³/mol. The summed E-state index contributed by atoms with van der Waals surface area (Å²) in [5.74, 6) is 2.10. The summed E-state index contributed by atoms with van der Waals surface area (Å²) >= 11 is 0. The molecule has 0 bridgehead atoms. The van der Waals surface area contributed by atoms with Gasteiger partial charge in [0.05, 0.1) is 0 Å². The summed E-state index contributed by atoms with van der Waals surface area (Å²) in [6.07, 6.45) is 1.81. The summed E-state index contributed by atoms with van der Waals surface area (Å²) in [5, 5.41) is 7.47. The minimum Gasteiger partial charge on any atom is -0.339 e. The number of carbonyl (C=O) groups excluding carboxylic acids is 1. The van der Waals surface area contributed by atoms with Crippen LogP contribution in [0.5, 0.6) is 0 Å². The van der Waals surface area contributed by atoms with Crippen molar-refractivity contribution in [2.75, 3.05) is 13.1 Å². The van der Waals surface area contributed by atoms with Gasteiger partial charge in [0.15, 0.2) is 5.82 Å². The molecule has 0 unspecified atom stereocenters. The third-order valence-electron chi connectivity index (χ3n) is 5.17. The Morgan fingerprint density at radius 2 is 1.70 bits per heavy atom. The highest BCUT2D eigenvalue weighted by molar-refractivity contribution is 5.94. The van der Waals surface area contributed by atoms with E-state index in [1.54, 1.807) is 0 Å². The Morgan fingerprint density at radius 3 is 2.37 bits per heavy atom. The number of benzene rings is 2. The Labute approximate surface area is 159 Å². The first-order valence-corrected chi connectivity index (χ1v) is 9.45. The monoisotopic (exact) mass is 360 g/mol. The van der Waals surface area contributed by atoms with Gasteiger partial charge in [-0.1, -0.05) is 47.5 Å². The quantitative estimate of drug-likeness (QED) is 0.765. The summed E-state index contributed by atoms with van der Waals surface area (Å²) in [4.78, 5) is 19.5. The van der Waals surface area contributed by atoms with Crippen molar-refractivity contribution in [1.82, 2.24) is 20.1 Å². The number of likely N-dealkylation sites (tertiary alicyclic amines) is 1. The highest BCUT2D eigenvalue weighted by atomic mass is 16.2. The Hall–Kier alpha value is -2.95. The lowest BCUT2D eigenvalue weighted by molar-refractivity contribution is 0.0711. The van der Waals surface area contributed by atoms with Crippen molar-refractivity contribution >= 4 is 5.91 Å². The van der Waals surface area contributed by atoms with Crippen LogP contribution in [0.4, 0.5) is 0 Å². The zero-order valence-corrected chi connectivity index (χ0v) is 15.8. The van der Waals surface area contributed by atoms with Gasteiger partial charge in [-0.3, -0.25) is 9.89 Å². The van der Waals surface area contributed by atoms with Crippen LogP contribution in [0.1, 0.15) is 46.1 Å². The molecule has 1 saturated heterocycles. The maximum Gasteiger partial charge on any atom is 0.253 e. The van der Waals surface area contributed by atoms with Gasteiger partial charge in [-0.2, -0.15) is 5.10 Å². The largest absolute Gasteiger partial charge is 0.339 e. The molecule has 3 aromatic rings. The molecule has 2 aromatic carbocycles. The number of aryl methyl sites for hydroxylation is 2. The minimum atomic E-state index is 0.128. The lowest BCUT2D eigenvalue weighted by Gasteiger charge is -2.31. The number of nitrogens with zero attached hydrogens (tertiary/aromatic N) is 3. The van der Waals surface area contributed by atoms with E-state index in [2.05, 4.69) is 21.2 Å². The van der Waals surface area contributed by atoms with E-state index >= 15 is 0 Å². The molecular weight excluding hydrogens is 336 g/mol. The number of hydrogen-bond acceptors (Lipinski definition) is 3. The molecule has 1 fully saturated rings. The predicted octanol–water partition coefficient (Wildman–Crippen LogP) is 4.11. The van der Waals surface area contributed by atoms with Crippen LogP contribution in [0.15, 0.2) is 48.5 Å². The molecule has 4 rings (SSSR count). The maximum atomic E-state index is 12.8. The van der Waals surface area contributed by atoms with Crippen molar-refractivity contribution < 1.29 is 4.79 Å². The highest BCUT2D eigenvalue weighted by Crippen LogP contribution is 2.28. The maximum absolute atomic E-state index is 12.8. The average molecular weight is 360 g/mol. The van der Waals surface area contributed by atoms with Gasteiger partial charge in [-0.25, -0.2) is 4.98 Å². The summed E-state index contributed by atoms with van der Waals surface area (Å²) in [6, 6.07) is 16.0. The number of piperidine rings is 1. The van der Waals surface area contributed by atoms with Crippen LogP contribution < -0.4 is 0 Å². The fraction of sp³-hybridized carbons (Fsp3) is 0.318. The molecule has 1 N–H and O–H groups in total. The Kier molecular flexibility index (Phi) is 4.75. The second-order valence-electron chi connectivity index (χ2n) is 7.35. The number of amides is 1. The zero-order valence-electron chi connectivity index (χ0n) is 15.8. The van der Waals surface area contributed by atoms with E-state index in [1.807, 2.05) is 61.2 Å². The molecule has 2 heterocycles. The summed E-state index contributed by atoms with van der Waals surface area (Å²) in [7, 11) is 0. The molecule has 138 valence electrons. The number of H-pyrrole nitrogens is 1. The Morgan fingerprint density at radius 1 is 1.04 bits per heavy atom. The van der Waals surface area contributed by atoms with E-state index in [4.69, 9.17) is 0 Å². The number of hydrogen-bond donors (Lipinski definition) is 1. The highest BCUT2D eigenvalue weighted by Gasteiger charge is 2.26. The van der Waals surface area contributed by atoms with E-state index < -0.39 is 0 Å². The van der Waals surface area contributed by atoms with Crippen LogP contribution in [0, 0.1) is 13.8 Å². The third kappa shape index (κ3) is 3.77. The van der Waals surface area contributed by atoms with Crippen molar-refractivity contribution in [2.45, 2.75) is 32.6 Å². The SMILES string of the molecule is Cc1cc(C)cc(C(=O)N2CCC(c3nc(-c4ccccc4)n[nH]3)CC2)c1. The molecular formula is C22H24N4O. The van der Waals surface area contributed by atoms with Crippen molar-refractivity contribution in [2.24, 2.45) is 0 Å². The van der Waals surface area contributed by atoms with Crippen LogP contribution in [0.25, 0.3) is 11.4 Å². The molecule has 0 atom stereocenters. The normalized spacial score (nSPS) is 15.1. The van der Waals surface area contributed by atoms with E-state index in [-0.39, 0.29) is 5.91 Å². The fourth-order valence-corrected chi connectivity index (χ4v) is 3.81. The van der Waals surface area contributed by atoms with Gasteiger partial charge >= 0.3 is 0 Å². The molecule has 1 amide bonds. The smallest absolute Gasteiger partial charge is 0.253 e. The second-order valence-corrected chi connectivity index (χ2v) is 7.35. The van der Waals surface area contributed by atoms with Crippen molar-refractivity contribution in [3.63, 3.8) is 0 Å². The molecule has 5 nitrogen and oxygen atoms in total. The van der Waals surface area contributed by atoms with E-state index in [0.717, 1.165) is 59.8 Å². The topological polar surface area (TPSA) is 61.9 Å². The molecule has 1 aliphatic rings. The first-order chi connectivity index (χ1) is 13.1. The van der Waals surface area contributed by atoms with Crippen LogP contribution in [-0.4, -0.2) is 39.1 Å². The molecule has 27 heavy (non-hydrogen) atoms. The average Bonchev–Trinajstić information content (AvgIpc) is 3.18. The van der Waals surface area contributed by atoms with E-state index in [1.165, 1.54) is 0 Å². The first-order valence-electron chi connectivity index (χ1n) is 9.45. The molecule has 5 heteroatoms. The molecule has 0 saturated carbocycles. The van der Waals surface area contributed by atoms with Crippen molar-refractivity contribution in [3.8, 4) is 11.4 Å². The molecule has 1 aromatic heterocycles. The molecule has 0 aliphatic carbocycles. The Balaban J connectivity index is 1.42. The van der Waals surface area contributed by atoms with E-state index in [9.17, 15) is 4.79 Å². The van der Waals surface area contributed by atoms with Gasteiger partial charge in [0.25, 0.3) is 5.91 Å².